The molecule has 0 aliphatic rings. The minimum atomic E-state index is 0.0206. The topological polar surface area (TPSA) is 64.3 Å². The minimum absolute atomic E-state index is 0.0206. The van der Waals surface area contributed by atoms with E-state index in [4.69, 9.17) is 22.7 Å². The number of carbonyl (C=O) groups is 1. The third-order valence-corrected chi connectivity index (χ3v) is 2.79. The summed E-state index contributed by atoms with van der Waals surface area (Å²) in [4.78, 5) is 11.4. The van der Waals surface area contributed by atoms with Crippen LogP contribution in [0.15, 0.2) is 18.2 Å². The molecule has 0 spiro atoms. The molecule has 1 aromatic carbocycles. The highest BCUT2D eigenvalue weighted by Crippen LogP contribution is 2.19. The Hall–Kier alpha value is -1.62. The highest BCUT2D eigenvalue weighted by Gasteiger charge is 2.04. The first kappa shape index (κ1) is 14.4. The van der Waals surface area contributed by atoms with Gasteiger partial charge >= 0.3 is 0 Å². The molecule has 0 saturated carbocycles. The highest BCUT2D eigenvalue weighted by molar-refractivity contribution is 7.80. The van der Waals surface area contributed by atoms with Crippen LogP contribution in [0.2, 0.25) is 0 Å². The van der Waals surface area contributed by atoms with Gasteiger partial charge in [0.1, 0.15) is 10.7 Å². The van der Waals surface area contributed by atoms with Crippen molar-refractivity contribution in [3.8, 4) is 5.75 Å². The number of ether oxygens (including phenoxy) is 1. The van der Waals surface area contributed by atoms with Crippen LogP contribution < -0.4 is 15.8 Å². The Morgan fingerprint density at radius 1 is 1.50 bits per heavy atom. The van der Waals surface area contributed by atoms with Crippen molar-refractivity contribution < 1.29 is 9.53 Å². The zero-order valence-corrected chi connectivity index (χ0v) is 11.5. The molecule has 98 valence electrons. The molecule has 0 saturated heterocycles. The van der Waals surface area contributed by atoms with Crippen molar-refractivity contribution in [3.63, 3.8) is 0 Å². The molecule has 5 heteroatoms. The number of benzene rings is 1. The fraction of sp³-hybridized carbons (Fsp3) is 0.385. The molecule has 0 aliphatic carbocycles. The lowest BCUT2D eigenvalue weighted by atomic mass is 10.1. The van der Waals surface area contributed by atoms with E-state index >= 15 is 0 Å². The summed E-state index contributed by atoms with van der Waals surface area (Å²) in [6.45, 7) is 2.45. The Kier molecular flexibility index (Phi) is 5.58. The fourth-order valence-corrected chi connectivity index (χ4v) is 1.58. The van der Waals surface area contributed by atoms with Gasteiger partial charge in [-0.3, -0.25) is 4.79 Å². The van der Waals surface area contributed by atoms with Crippen LogP contribution in [-0.2, 0) is 4.79 Å². The molecule has 0 radical (unpaired) electrons. The Balaban J connectivity index is 2.53. The normalized spacial score (nSPS) is 9.89. The van der Waals surface area contributed by atoms with E-state index in [-0.39, 0.29) is 5.91 Å². The summed E-state index contributed by atoms with van der Waals surface area (Å²) in [5.41, 5.74) is 7.38. The number of amides is 1. The van der Waals surface area contributed by atoms with Crippen LogP contribution in [0.1, 0.15) is 24.0 Å². The molecule has 1 rings (SSSR count). The average Bonchev–Trinajstić information content (AvgIpc) is 2.35. The summed E-state index contributed by atoms with van der Waals surface area (Å²) < 4.78 is 5.63. The van der Waals surface area contributed by atoms with Gasteiger partial charge in [-0.2, -0.15) is 0 Å². The number of hydrogen-bond acceptors (Lipinski definition) is 3. The van der Waals surface area contributed by atoms with Crippen LogP contribution in [0.5, 0.6) is 5.75 Å². The van der Waals surface area contributed by atoms with Gasteiger partial charge in [0.2, 0.25) is 5.91 Å². The predicted octanol–water partition coefficient (Wildman–Crippen LogP) is 1.53. The molecule has 0 aromatic heterocycles. The van der Waals surface area contributed by atoms with Gasteiger partial charge in [-0.15, -0.1) is 0 Å². The van der Waals surface area contributed by atoms with Gasteiger partial charge in [-0.25, -0.2) is 0 Å². The summed E-state index contributed by atoms with van der Waals surface area (Å²) >= 11 is 4.92. The Labute approximate surface area is 113 Å². The number of hydrogen-bond donors (Lipinski definition) is 2. The minimum Gasteiger partial charge on any atom is -0.493 e. The zero-order chi connectivity index (χ0) is 13.5. The number of carbonyl (C=O) groups excluding carboxylic acids is 1. The Bertz CT molecular complexity index is 447. The SMILES string of the molecule is CNC(=O)CCCOc1cc(C(N)=S)ccc1C. The van der Waals surface area contributed by atoms with Gasteiger partial charge in [0.05, 0.1) is 6.61 Å². The number of aryl methyl sites for hydroxylation is 1. The number of nitrogens with one attached hydrogen (secondary N) is 1. The molecule has 0 aliphatic heterocycles. The van der Waals surface area contributed by atoms with Crippen LogP contribution in [0.4, 0.5) is 0 Å². The van der Waals surface area contributed by atoms with Crippen LogP contribution in [-0.4, -0.2) is 24.6 Å². The van der Waals surface area contributed by atoms with E-state index < -0.39 is 0 Å². The molecular formula is C13H18N2O2S. The van der Waals surface area contributed by atoms with Gasteiger partial charge in [0, 0.05) is 19.0 Å². The molecule has 0 heterocycles. The highest BCUT2D eigenvalue weighted by atomic mass is 32.1. The van der Waals surface area contributed by atoms with E-state index in [1.165, 1.54) is 0 Å². The van der Waals surface area contributed by atoms with E-state index in [0.29, 0.717) is 24.4 Å². The van der Waals surface area contributed by atoms with Crippen molar-refractivity contribution in [3.05, 3.63) is 29.3 Å². The smallest absolute Gasteiger partial charge is 0.219 e. The molecule has 1 amide bonds. The third-order valence-electron chi connectivity index (χ3n) is 2.56. The van der Waals surface area contributed by atoms with Crippen molar-refractivity contribution in [2.75, 3.05) is 13.7 Å². The van der Waals surface area contributed by atoms with E-state index in [1.54, 1.807) is 7.05 Å². The maximum atomic E-state index is 11.0. The summed E-state index contributed by atoms with van der Waals surface area (Å²) in [6, 6.07) is 5.62. The molecule has 0 unspecified atom stereocenters. The van der Waals surface area contributed by atoms with Crippen molar-refractivity contribution >= 4 is 23.1 Å². The van der Waals surface area contributed by atoms with Gasteiger partial charge in [0.25, 0.3) is 0 Å². The second-order valence-corrected chi connectivity index (χ2v) is 4.41. The second kappa shape index (κ2) is 6.96. The summed E-state index contributed by atoms with van der Waals surface area (Å²) in [7, 11) is 1.62. The first-order chi connectivity index (χ1) is 8.54. The maximum absolute atomic E-state index is 11.0. The standard InChI is InChI=1S/C13H18N2O2S/c1-9-5-6-10(13(14)18)8-11(9)17-7-3-4-12(16)15-2/h5-6,8H,3-4,7H2,1-2H3,(H2,14,18)(H,15,16). The van der Waals surface area contributed by atoms with Gasteiger partial charge in [0.15, 0.2) is 0 Å². The van der Waals surface area contributed by atoms with Crippen LogP contribution in [0.3, 0.4) is 0 Å². The van der Waals surface area contributed by atoms with Crippen molar-refractivity contribution in [2.24, 2.45) is 5.73 Å². The molecular weight excluding hydrogens is 248 g/mol. The van der Waals surface area contributed by atoms with E-state index in [0.717, 1.165) is 16.9 Å². The lowest BCUT2D eigenvalue weighted by Crippen LogP contribution is -2.18. The summed E-state index contributed by atoms with van der Waals surface area (Å²) in [6.07, 6.45) is 1.14. The number of nitrogens with two attached hydrogens (primary N) is 1. The lowest BCUT2D eigenvalue weighted by molar-refractivity contribution is -0.120. The molecule has 3 N–H and O–H groups in total. The summed E-state index contributed by atoms with van der Waals surface area (Å²) in [5.74, 6) is 0.782. The van der Waals surface area contributed by atoms with Gasteiger partial charge in [-0.1, -0.05) is 24.4 Å². The fourth-order valence-electron chi connectivity index (χ4n) is 1.45. The van der Waals surface area contributed by atoms with E-state index in [9.17, 15) is 4.79 Å². The van der Waals surface area contributed by atoms with E-state index in [2.05, 4.69) is 5.32 Å². The third kappa shape index (κ3) is 4.33. The zero-order valence-electron chi connectivity index (χ0n) is 10.7. The van der Waals surface area contributed by atoms with Crippen molar-refractivity contribution in [2.45, 2.75) is 19.8 Å². The molecule has 0 bridgehead atoms. The molecule has 0 fully saturated rings. The van der Waals surface area contributed by atoms with Gasteiger partial charge in [-0.05, 0) is 25.0 Å². The van der Waals surface area contributed by atoms with Crippen molar-refractivity contribution in [1.82, 2.24) is 5.32 Å². The van der Waals surface area contributed by atoms with Crippen molar-refractivity contribution in [1.29, 1.82) is 0 Å². The first-order valence-electron chi connectivity index (χ1n) is 5.78. The summed E-state index contributed by atoms with van der Waals surface area (Å²) in [5, 5.41) is 2.57. The Morgan fingerprint density at radius 3 is 2.83 bits per heavy atom. The maximum Gasteiger partial charge on any atom is 0.219 e. The molecule has 4 nitrogen and oxygen atoms in total. The molecule has 1 aromatic rings. The van der Waals surface area contributed by atoms with Crippen LogP contribution >= 0.6 is 12.2 Å². The largest absolute Gasteiger partial charge is 0.493 e. The molecule has 18 heavy (non-hydrogen) atoms. The Morgan fingerprint density at radius 2 is 2.22 bits per heavy atom. The first-order valence-corrected chi connectivity index (χ1v) is 6.19. The number of rotatable bonds is 6. The van der Waals surface area contributed by atoms with Gasteiger partial charge < -0.3 is 15.8 Å². The lowest BCUT2D eigenvalue weighted by Gasteiger charge is -2.10. The predicted molar refractivity (Wildman–Crippen MR) is 75.9 cm³/mol. The van der Waals surface area contributed by atoms with Crippen LogP contribution in [0.25, 0.3) is 0 Å². The molecule has 0 atom stereocenters. The van der Waals surface area contributed by atoms with E-state index in [1.807, 2.05) is 25.1 Å². The quantitative estimate of drug-likeness (QED) is 0.605. The second-order valence-electron chi connectivity index (χ2n) is 3.97. The van der Waals surface area contributed by atoms with Crippen LogP contribution in [0, 0.1) is 6.92 Å². The average molecular weight is 266 g/mol. The monoisotopic (exact) mass is 266 g/mol. The number of thiocarbonyl (C=S) groups is 1.